The minimum absolute atomic E-state index is 0.102. The predicted molar refractivity (Wildman–Crippen MR) is 97.5 cm³/mol. The van der Waals surface area contributed by atoms with Crippen LogP contribution in [0.2, 0.25) is 0 Å². The molecule has 2 rings (SSSR count). The molecule has 0 bridgehead atoms. The van der Waals surface area contributed by atoms with Gasteiger partial charge in [-0.1, -0.05) is 62.7 Å². The second-order valence-corrected chi connectivity index (χ2v) is 5.71. The van der Waals surface area contributed by atoms with Gasteiger partial charge in [0.1, 0.15) is 5.75 Å². The van der Waals surface area contributed by atoms with Crippen LogP contribution in [0.3, 0.4) is 0 Å². The fourth-order valence-corrected chi connectivity index (χ4v) is 2.47. The highest BCUT2D eigenvalue weighted by molar-refractivity contribution is 6.21. The summed E-state index contributed by atoms with van der Waals surface area (Å²) in [5.74, 6) is -1.00. The molecule has 0 aliphatic heterocycles. The van der Waals surface area contributed by atoms with Gasteiger partial charge < -0.3 is 9.84 Å². The first kappa shape index (κ1) is 18.5. The molecule has 4 heteroatoms. The Labute approximate surface area is 147 Å². The van der Waals surface area contributed by atoms with E-state index >= 15 is 0 Å². The van der Waals surface area contributed by atoms with Crippen LogP contribution < -0.4 is 0 Å². The molecule has 0 radical (unpaired) electrons. The van der Waals surface area contributed by atoms with Crippen molar-refractivity contribution in [2.75, 3.05) is 6.61 Å². The van der Waals surface area contributed by atoms with Gasteiger partial charge in [-0.15, -0.1) is 0 Å². The Balaban J connectivity index is 2.23. The number of benzene rings is 2. The molecule has 4 nitrogen and oxygen atoms in total. The number of carbonyl (C=O) groups excluding carboxylic acids is 2. The minimum Gasteiger partial charge on any atom is -0.507 e. The van der Waals surface area contributed by atoms with Gasteiger partial charge in [0.05, 0.1) is 17.7 Å². The summed E-state index contributed by atoms with van der Waals surface area (Å²) in [7, 11) is 0. The van der Waals surface area contributed by atoms with Crippen LogP contribution in [-0.4, -0.2) is 23.5 Å². The maximum Gasteiger partial charge on any atom is 0.338 e. The SMILES string of the molecule is C=C(C(=O)OCCCCC)c1ccccc1C(=O)c1ccccc1O. The molecule has 0 spiro atoms. The van der Waals surface area contributed by atoms with E-state index in [0.717, 1.165) is 19.3 Å². The normalized spacial score (nSPS) is 10.3. The van der Waals surface area contributed by atoms with Crippen LogP contribution in [0, 0.1) is 0 Å². The number of para-hydroxylation sites is 1. The molecule has 0 aliphatic rings. The Morgan fingerprint density at radius 3 is 2.20 bits per heavy atom. The van der Waals surface area contributed by atoms with E-state index < -0.39 is 5.97 Å². The van der Waals surface area contributed by atoms with Crippen LogP contribution in [0.5, 0.6) is 5.75 Å². The first-order valence-corrected chi connectivity index (χ1v) is 8.34. The summed E-state index contributed by atoms with van der Waals surface area (Å²) in [6.45, 7) is 6.20. The lowest BCUT2D eigenvalue weighted by molar-refractivity contribution is -0.136. The Bertz CT molecular complexity index is 777. The standard InChI is InChI=1S/C21H22O4/c1-3-4-9-14-25-21(24)15(2)16-10-5-6-11-17(16)20(23)18-12-7-8-13-19(18)22/h5-8,10-13,22H,2-4,9,14H2,1H3. The highest BCUT2D eigenvalue weighted by atomic mass is 16.5. The van der Waals surface area contributed by atoms with Gasteiger partial charge in [0.25, 0.3) is 0 Å². The van der Waals surface area contributed by atoms with Crippen LogP contribution >= 0.6 is 0 Å². The van der Waals surface area contributed by atoms with Crippen LogP contribution in [0.4, 0.5) is 0 Å². The fraction of sp³-hybridized carbons (Fsp3) is 0.238. The van der Waals surface area contributed by atoms with Crippen molar-refractivity contribution in [1.82, 2.24) is 0 Å². The van der Waals surface area contributed by atoms with Crippen molar-refractivity contribution >= 4 is 17.3 Å². The molecule has 0 saturated heterocycles. The molecule has 2 aromatic rings. The molecule has 0 amide bonds. The summed E-state index contributed by atoms with van der Waals surface area (Å²) in [5.41, 5.74) is 1.03. The van der Waals surface area contributed by atoms with Gasteiger partial charge in [-0.25, -0.2) is 4.79 Å². The lowest BCUT2D eigenvalue weighted by Crippen LogP contribution is -2.11. The van der Waals surface area contributed by atoms with Gasteiger partial charge in [0.2, 0.25) is 0 Å². The van der Waals surface area contributed by atoms with Crippen molar-refractivity contribution in [2.45, 2.75) is 26.2 Å². The second-order valence-electron chi connectivity index (χ2n) is 5.71. The van der Waals surface area contributed by atoms with Crippen LogP contribution in [0.15, 0.2) is 55.1 Å². The van der Waals surface area contributed by atoms with Crippen molar-refractivity contribution < 1.29 is 19.4 Å². The Kier molecular flexibility index (Phi) is 6.52. The fourth-order valence-electron chi connectivity index (χ4n) is 2.47. The van der Waals surface area contributed by atoms with Crippen LogP contribution in [0.1, 0.15) is 47.7 Å². The number of ether oxygens (including phenoxy) is 1. The van der Waals surface area contributed by atoms with Crippen LogP contribution in [0.25, 0.3) is 5.57 Å². The number of carbonyl (C=O) groups is 2. The number of phenolic OH excluding ortho intramolecular Hbond substituents is 1. The molecule has 0 heterocycles. The van der Waals surface area contributed by atoms with E-state index in [4.69, 9.17) is 4.74 Å². The quantitative estimate of drug-likeness (QED) is 0.336. The number of hydrogen-bond donors (Lipinski definition) is 1. The lowest BCUT2D eigenvalue weighted by atomic mass is 9.94. The third kappa shape index (κ3) is 4.57. The third-order valence-electron chi connectivity index (χ3n) is 3.87. The first-order chi connectivity index (χ1) is 12.1. The molecular formula is C21H22O4. The molecular weight excluding hydrogens is 316 g/mol. The molecule has 2 aromatic carbocycles. The van der Waals surface area contributed by atoms with Crippen molar-refractivity contribution in [2.24, 2.45) is 0 Å². The number of phenols is 1. The zero-order chi connectivity index (χ0) is 18.2. The average Bonchev–Trinajstić information content (AvgIpc) is 2.64. The second kappa shape index (κ2) is 8.83. The van der Waals surface area contributed by atoms with Gasteiger partial charge in [-0.05, 0) is 24.1 Å². The van der Waals surface area contributed by atoms with E-state index in [2.05, 4.69) is 13.5 Å². The van der Waals surface area contributed by atoms with E-state index in [1.807, 2.05) is 0 Å². The average molecular weight is 338 g/mol. The van der Waals surface area contributed by atoms with E-state index in [1.165, 1.54) is 6.07 Å². The number of aromatic hydroxyl groups is 1. The molecule has 0 atom stereocenters. The van der Waals surface area contributed by atoms with Gasteiger partial charge in [-0.3, -0.25) is 4.79 Å². The van der Waals surface area contributed by atoms with Crippen LogP contribution in [-0.2, 0) is 9.53 Å². The summed E-state index contributed by atoms with van der Waals surface area (Å²) < 4.78 is 5.23. The molecule has 25 heavy (non-hydrogen) atoms. The molecule has 0 aliphatic carbocycles. The molecule has 0 aromatic heterocycles. The first-order valence-electron chi connectivity index (χ1n) is 8.34. The molecule has 1 N–H and O–H groups in total. The van der Waals surface area contributed by atoms with Crippen molar-refractivity contribution in [1.29, 1.82) is 0 Å². The topological polar surface area (TPSA) is 63.6 Å². The van der Waals surface area contributed by atoms with Crippen molar-refractivity contribution in [3.8, 4) is 5.75 Å². The number of esters is 1. The zero-order valence-corrected chi connectivity index (χ0v) is 14.3. The van der Waals surface area contributed by atoms with E-state index in [9.17, 15) is 14.7 Å². The predicted octanol–water partition coefficient (Wildman–Crippen LogP) is 4.37. The van der Waals surface area contributed by atoms with E-state index in [1.54, 1.807) is 42.5 Å². The smallest absolute Gasteiger partial charge is 0.338 e. The molecule has 0 unspecified atom stereocenters. The summed E-state index contributed by atoms with van der Waals surface area (Å²) >= 11 is 0. The zero-order valence-electron chi connectivity index (χ0n) is 14.3. The van der Waals surface area contributed by atoms with Gasteiger partial charge >= 0.3 is 5.97 Å². The third-order valence-corrected chi connectivity index (χ3v) is 3.87. The van der Waals surface area contributed by atoms with E-state index in [-0.39, 0.29) is 22.7 Å². The summed E-state index contributed by atoms with van der Waals surface area (Å²) in [5, 5.41) is 9.91. The number of hydrogen-bond acceptors (Lipinski definition) is 4. The minimum atomic E-state index is -0.534. The highest BCUT2D eigenvalue weighted by Crippen LogP contribution is 2.25. The molecule has 0 saturated carbocycles. The van der Waals surface area contributed by atoms with Gasteiger partial charge in [-0.2, -0.15) is 0 Å². The highest BCUT2D eigenvalue weighted by Gasteiger charge is 2.21. The largest absolute Gasteiger partial charge is 0.507 e. The Morgan fingerprint density at radius 1 is 0.960 bits per heavy atom. The van der Waals surface area contributed by atoms with Crippen molar-refractivity contribution in [3.63, 3.8) is 0 Å². The number of rotatable bonds is 8. The van der Waals surface area contributed by atoms with Crippen molar-refractivity contribution in [3.05, 3.63) is 71.8 Å². The molecule has 0 fully saturated rings. The summed E-state index contributed by atoms with van der Waals surface area (Å²) in [6, 6.07) is 13.0. The maximum absolute atomic E-state index is 12.8. The summed E-state index contributed by atoms with van der Waals surface area (Å²) in [4.78, 5) is 25.0. The van der Waals surface area contributed by atoms with E-state index in [0.29, 0.717) is 17.7 Å². The summed E-state index contributed by atoms with van der Waals surface area (Å²) in [6.07, 6.45) is 2.83. The maximum atomic E-state index is 12.8. The van der Waals surface area contributed by atoms with Gasteiger partial charge in [0.15, 0.2) is 5.78 Å². The number of ketones is 1. The molecule has 130 valence electrons. The Morgan fingerprint density at radius 2 is 1.56 bits per heavy atom. The Hall–Kier alpha value is -2.88. The lowest BCUT2D eigenvalue weighted by Gasteiger charge is -2.12. The monoisotopic (exact) mass is 338 g/mol. The van der Waals surface area contributed by atoms with Gasteiger partial charge in [0, 0.05) is 5.56 Å². The number of unbranched alkanes of at least 4 members (excludes halogenated alkanes) is 2.